The topological polar surface area (TPSA) is 67.2 Å². The maximum absolute atomic E-state index is 12.2. The van der Waals surface area contributed by atoms with Gasteiger partial charge in [0.15, 0.2) is 0 Å². The molecule has 108 valence electrons. The number of nitrogens with one attached hydrogen (secondary N) is 1. The highest BCUT2D eigenvalue weighted by molar-refractivity contribution is 5.96. The maximum atomic E-state index is 12.2. The van der Waals surface area contributed by atoms with E-state index in [0.717, 1.165) is 5.69 Å². The van der Waals surface area contributed by atoms with E-state index in [-0.39, 0.29) is 12.5 Å². The first kappa shape index (κ1) is 14.8. The first-order valence-electron chi connectivity index (χ1n) is 6.66. The lowest BCUT2D eigenvalue weighted by atomic mass is 10.1. The van der Waals surface area contributed by atoms with E-state index in [1.54, 1.807) is 29.1 Å². The molecule has 1 heterocycles. The fourth-order valence-corrected chi connectivity index (χ4v) is 1.84. The van der Waals surface area contributed by atoms with Crippen molar-refractivity contribution in [3.05, 3.63) is 53.3 Å². The number of carbonyl (C=O) groups is 1. The van der Waals surface area contributed by atoms with Crippen LogP contribution in [0, 0.1) is 11.8 Å². The lowest BCUT2D eigenvalue weighted by molar-refractivity contribution is 0.0950. The summed E-state index contributed by atoms with van der Waals surface area (Å²) in [7, 11) is 1.83. The first-order valence-corrected chi connectivity index (χ1v) is 6.66. The minimum absolute atomic E-state index is 0.0157. The van der Waals surface area contributed by atoms with Crippen molar-refractivity contribution in [2.24, 2.45) is 7.05 Å². The van der Waals surface area contributed by atoms with Crippen LogP contribution in [0.5, 0.6) is 0 Å². The summed E-state index contributed by atoms with van der Waals surface area (Å²) in [6, 6.07) is 9.02. The predicted octanol–water partition coefficient (Wildman–Crippen LogP) is 1.08. The van der Waals surface area contributed by atoms with Gasteiger partial charge in [0.1, 0.15) is 0 Å². The second-order valence-electron chi connectivity index (χ2n) is 4.45. The second-order valence-corrected chi connectivity index (χ2v) is 4.45. The van der Waals surface area contributed by atoms with Gasteiger partial charge >= 0.3 is 0 Å². The van der Waals surface area contributed by atoms with Crippen LogP contribution in [-0.2, 0) is 13.6 Å². The van der Waals surface area contributed by atoms with Crippen LogP contribution in [0.4, 0.5) is 0 Å². The Balaban J connectivity index is 2.09. The Morgan fingerprint density at radius 3 is 2.90 bits per heavy atom. The number of carbonyl (C=O) groups excluding carboxylic acids is 1. The molecule has 0 atom stereocenters. The average molecular weight is 283 g/mol. The van der Waals surface area contributed by atoms with E-state index in [1.807, 2.05) is 19.2 Å². The summed E-state index contributed by atoms with van der Waals surface area (Å²) in [5, 5.41) is 15.7. The number of amides is 1. The molecule has 0 saturated carbocycles. The van der Waals surface area contributed by atoms with Gasteiger partial charge in [0, 0.05) is 25.2 Å². The van der Waals surface area contributed by atoms with Crippen molar-refractivity contribution in [3.63, 3.8) is 0 Å². The zero-order valence-corrected chi connectivity index (χ0v) is 11.8. The molecule has 0 saturated heterocycles. The van der Waals surface area contributed by atoms with Gasteiger partial charge in [0.05, 0.1) is 24.4 Å². The number of aromatic nitrogens is 2. The van der Waals surface area contributed by atoms with Crippen LogP contribution in [-0.4, -0.2) is 27.4 Å². The minimum atomic E-state index is -0.176. The SMILES string of the molecule is Cn1nccc1CNC(=O)c1ccccc1C#CCCO. The van der Waals surface area contributed by atoms with Gasteiger partial charge in [0.2, 0.25) is 0 Å². The van der Waals surface area contributed by atoms with Crippen molar-refractivity contribution in [2.75, 3.05) is 6.61 Å². The van der Waals surface area contributed by atoms with Gasteiger partial charge in [0.25, 0.3) is 5.91 Å². The van der Waals surface area contributed by atoms with Crippen molar-refractivity contribution in [1.82, 2.24) is 15.1 Å². The van der Waals surface area contributed by atoms with Gasteiger partial charge in [-0.25, -0.2) is 0 Å². The third kappa shape index (κ3) is 3.94. The molecule has 5 heteroatoms. The Morgan fingerprint density at radius 2 is 2.19 bits per heavy atom. The molecule has 0 unspecified atom stereocenters. The van der Waals surface area contributed by atoms with Gasteiger partial charge < -0.3 is 10.4 Å². The van der Waals surface area contributed by atoms with Crippen molar-refractivity contribution < 1.29 is 9.90 Å². The van der Waals surface area contributed by atoms with E-state index >= 15 is 0 Å². The summed E-state index contributed by atoms with van der Waals surface area (Å²) < 4.78 is 1.72. The third-order valence-electron chi connectivity index (χ3n) is 2.98. The molecule has 2 aromatic rings. The van der Waals surface area contributed by atoms with Crippen molar-refractivity contribution >= 4 is 5.91 Å². The predicted molar refractivity (Wildman–Crippen MR) is 79.4 cm³/mol. The number of nitrogens with zero attached hydrogens (tertiary/aromatic N) is 2. The van der Waals surface area contributed by atoms with E-state index in [9.17, 15) is 4.79 Å². The summed E-state index contributed by atoms with van der Waals surface area (Å²) in [5.74, 6) is 5.57. The lowest BCUT2D eigenvalue weighted by Crippen LogP contribution is -2.24. The van der Waals surface area contributed by atoms with Gasteiger partial charge in [-0.2, -0.15) is 5.10 Å². The molecule has 0 aliphatic heterocycles. The normalized spacial score (nSPS) is 9.81. The van der Waals surface area contributed by atoms with E-state index in [2.05, 4.69) is 22.3 Å². The summed E-state index contributed by atoms with van der Waals surface area (Å²) >= 11 is 0. The van der Waals surface area contributed by atoms with E-state index in [0.29, 0.717) is 24.1 Å². The van der Waals surface area contributed by atoms with Crippen LogP contribution in [0.25, 0.3) is 0 Å². The Bertz CT molecular complexity index is 680. The number of hydrogen-bond acceptors (Lipinski definition) is 3. The number of benzene rings is 1. The molecule has 1 aromatic heterocycles. The molecule has 0 spiro atoms. The molecule has 0 bridgehead atoms. The molecule has 0 aliphatic carbocycles. The standard InChI is InChI=1S/C16H17N3O2/c1-19-14(9-10-18-19)12-17-16(21)15-8-3-2-6-13(15)7-4-5-11-20/h2-3,6,8-10,20H,5,11-12H2,1H3,(H,17,21). The summed E-state index contributed by atoms with van der Waals surface area (Å²) in [5.41, 5.74) is 2.12. The molecule has 21 heavy (non-hydrogen) atoms. The highest BCUT2D eigenvalue weighted by Crippen LogP contribution is 2.08. The lowest BCUT2D eigenvalue weighted by Gasteiger charge is -2.07. The number of rotatable bonds is 4. The van der Waals surface area contributed by atoms with E-state index in [4.69, 9.17) is 5.11 Å². The molecule has 0 aliphatic rings. The number of hydrogen-bond donors (Lipinski definition) is 2. The number of aliphatic hydroxyl groups is 1. The number of aliphatic hydroxyl groups excluding tert-OH is 1. The summed E-state index contributed by atoms with van der Waals surface area (Å²) in [4.78, 5) is 12.2. The van der Waals surface area contributed by atoms with Crippen molar-refractivity contribution in [1.29, 1.82) is 0 Å². The van der Waals surface area contributed by atoms with Gasteiger partial charge in [-0.15, -0.1) is 0 Å². The monoisotopic (exact) mass is 283 g/mol. The first-order chi connectivity index (χ1) is 10.2. The maximum Gasteiger partial charge on any atom is 0.252 e. The average Bonchev–Trinajstić information content (AvgIpc) is 2.91. The van der Waals surface area contributed by atoms with Crippen LogP contribution in [0.15, 0.2) is 36.5 Å². The van der Waals surface area contributed by atoms with Crippen LogP contribution in [0.2, 0.25) is 0 Å². The highest BCUT2D eigenvalue weighted by Gasteiger charge is 2.09. The molecule has 1 amide bonds. The second kappa shape index (κ2) is 7.27. The largest absolute Gasteiger partial charge is 0.395 e. The molecular formula is C16H17N3O2. The Kier molecular flexibility index (Phi) is 5.13. The van der Waals surface area contributed by atoms with E-state index in [1.165, 1.54) is 0 Å². The van der Waals surface area contributed by atoms with E-state index < -0.39 is 0 Å². The van der Waals surface area contributed by atoms with Crippen molar-refractivity contribution in [3.8, 4) is 11.8 Å². The number of aryl methyl sites for hydroxylation is 1. The third-order valence-corrected chi connectivity index (χ3v) is 2.98. The van der Waals surface area contributed by atoms with Crippen LogP contribution in [0.3, 0.4) is 0 Å². The zero-order valence-electron chi connectivity index (χ0n) is 11.8. The van der Waals surface area contributed by atoms with Gasteiger partial charge in [-0.3, -0.25) is 9.48 Å². The van der Waals surface area contributed by atoms with Crippen molar-refractivity contribution in [2.45, 2.75) is 13.0 Å². The Morgan fingerprint density at radius 1 is 1.38 bits per heavy atom. The molecule has 0 radical (unpaired) electrons. The molecule has 2 rings (SSSR count). The molecule has 0 fully saturated rings. The Hall–Kier alpha value is -2.58. The molecular weight excluding hydrogens is 266 g/mol. The molecule has 2 N–H and O–H groups in total. The quantitative estimate of drug-likeness (QED) is 0.825. The van der Waals surface area contributed by atoms with Crippen LogP contribution >= 0.6 is 0 Å². The minimum Gasteiger partial charge on any atom is -0.395 e. The van der Waals surface area contributed by atoms with Gasteiger partial charge in [-0.1, -0.05) is 24.0 Å². The Labute approximate surface area is 123 Å². The molecule has 1 aromatic carbocycles. The fourth-order valence-electron chi connectivity index (χ4n) is 1.84. The summed E-state index contributed by atoms with van der Waals surface area (Å²) in [6.45, 7) is 0.426. The van der Waals surface area contributed by atoms with Crippen LogP contribution < -0.4 is 5.32 Å². The zero-order chi connectivity index (χ0) is 15.1. The molecule has 5 nitrogen and oxygen atoms in total. The smallest absolute Gasteiger partial charge is 0.252 e. The van der Waals surface area contributed by atoms with Crippen LogP contribution in [0.1, 0.15) is 28.0 Å². The summed E-state index contributed by atoms with van der Waals surface area (Å²) in [6.07, 6.45) is 2.08. The highest BCUT2D eigenvalue weighted by atomic mass is 16.2. The fraction of sp³-hybridized carbons (Fsp3) is 0.250. The van der Waals surface area contributed by atoms with Gasteiger partial charge in [-0.05, 0) is 18.2 Å².